The minimum Gasteiger partial charge on any atom is -0.306 e. The quantitative estimate of drug-likeness (QED) is 0.142. The van der Waals surface area contributed by atoms with Crippen LogP contribution in [0.5, 0.6) is 0 Å². The van der Waals surface area contributed by atoms with Crippen molar-refractivity contribution in [1.29, 1.82) is 0 Å². The first-order valence-electron chi connectivity index (χ1n) is 17.3. The van der Waals surface area contributed by atoms with E-state index in [1.54, 1.807) is 60.4 Å². The lowest BCUT2D eigenvalue weighted by atomic mass is 9.86. The molecule has 268 valence electrons. The van der Waals surface area contributed by atoms with Crippen molar-refractivity contribution in [2.45, 2.75) is 25.7 Å². The third-order valence-corrected chi connectivity index (χ3v) is 9.78. The number of carbonyl (C=O) groups excluding carboxylic acids is 1. The van der Waals surface area contributed by atoms with Gasteiger partial charge in [0.25, 0.3) is 0 Å². The summed E-state index contributed by atoms with van der Waals surface area (Å²) in [6, 6.07) is 28.0. The van der Waals surface area contributed by atoms with E-state index in [9.17, 15) is 13.6 Å². The molecule has 2 atom stereocenters. The number of nitrogens with zero attached hydrogens (tertiary/aromatic N) is 10. The first kappa shape index (κ1) is 34.2. The molecule has 11 nitrogen and oxygen atoms in total. The lowest BCUT2D eigenvalue weighted by Crippen LogP contribution is -2.16. The number of rotatable bonds is 10. The van der Waals surface area contributed by atoms with Crippen LogP contribution < -0.4 is 0 Å². The SMILES string of the molecule is CC(C(=O)C(C)c1ccc(-n2cnc(-c3c(-c4ccc(F)cc4)nnn3C)c2)cc1)c1ccc(-n2cnc(-c3c(-c4ccc(F)cc4)nnn3C)c2)cc1. The van der Waals surface area contributed by atoms with Crippen molar-refractivity contribution in [3.05, 3.63) is 145 Å². The number of aromatic nitrogens is 10. The molecule has 4 heterocycles. The molecule has 0 bridgehead atoms. The molecule has 0 N–H and O–H groups in total. The zero-order chi connectivity index (χ0) is 37.5. The standard InChI is InChI=1S/C41H34F2N10O/c1-25(27-9-17-33(18-10-27)52-21-35(44-23-52)39-37(46-48-50(39)3)29-5-13-31(42)14-6-29)41(54)26(2)28-11-19-34(20-12-28)53-22-36(45-24-53)40-38(47-49-51(40)4)30-7-15-32(43)16-8-30/h5-26H,1-4H3. The van der Waals surface area contributed by atoms with E-state index in [1.807, 2.05) is 83.9 Å². The second-order valence-electron chi connectivity index (χ2n) is 13.2. The molecule has 8 aromatic rings. The lowest BCUT2D eigenvalue weighted by molar-refractivity contribution is -0.121. The summed E-state index contributed by atoms with van der Waals surface area (Å²) in [6.45, 7) is 3.87. The fourth-order valence-electron chi connectivity index (χ4n) is 6.64. The van der Waals surface area contributed by atoms with Gasteiger partial charge < -0.3 is 9.13 Å². The minimum atomic E-state index is -0.329. The Balaban J connectivity index is 0.947. The molecule has 0 aliphatic carbocycles. The van der Waals surface area contributed by atoms with E-state index < -0.39 is 0 Å². The first-order valence-corrected chi connectivity index (χ1v) is 17.3. The number of benzene rings is 4. The lowest BCUT2D eigenvalue weighted by Gasteiger charge is -2.18. The fourth-order valence-corrected chi connectivity index (χ4v) is 6.64. The van der Waals surface area contributed by atoms with Crippen molar-refractivity contribution in [1.82, 2.24) is 49.1 Å². The maximum atomic E-state index is 13.7. The average Bonchev–Trinajstić information content (AvgIpc) is 4.02. The second kappa shape index (κ2) is 13.9. The van der Waals surface area contributed by atoms with Crippen molar-refractivity contribution >= 4 is 5.78 Å². The Labute approximate surface area is 309 Å². The van der Waals surface area contributed by atoms with Crippen LogP contribution in [-0.4, -0.2) is 54.9 Å². The Hall–Kier alpha value is -6.89. The van der Waals surface area contributed by atoms with Gasteiger partial charge in [0.15, 0.2) is 0 Å². The highest BCUT2D eigenvalue weighted by molar-refractivity contribution is 5.91. The number of carbonyl (C=O) groups is 1. The molecule has 0 saturated heterocycles. The van der Waals surface area contributed by atoms with Crippen molar-refractivity contribution in [3.8, 4) is 56.7 Å². The van der Waals surface area contributed by atoms with Crippen molar-refractivity contribution in [3.63, 3.8) is 0 Å². The van der Waals surface area contributed by atoms with Crippen LogP contribution in [0.3, 0.4) is 0 Å². The molecule has 4 aromatic heterocycles. The van der Waals surface area contributed by atoms with Crippen LogP contribution in [0, 0.1) is 11.6 Å². The fraction of sp³-hybridized carbons (Fsp3) is 0.146. The van der Waals surface area contributed by atoms with Gasteiger partial charge in [-0.1, -0.05) is 48.5 Å². The summed E-state index contributed by atoms with van der Waals surface area (Å²) in [5.74, 6) is -1.19. The minimum absolute atomic E-state index is 0.111. The monoisotopic (exact) mass is 720 g/mol. The first-order chi connectivity index (χ1) is 26.1. The molecule has 0 fully saturated rings. The van der Waals surface area contributed by atoms with Gasteiger partial charge in [-0.25, -0.2) is 28.1 Å². The van der Waals surface area contributed by atoms with Gasteiger partial charge in [0.05, 0.1) is 12.7 Å². The van der Waals surface area contributed by atoms with Crippen molar-refractivity contribution in [2.24, 2.45) is 14.1 Å². The number of hydrogen-bond donors (Lipinski definition) is 0. The molecule has 0 amide bonds. The van der Waals surface area contributed by atoms with Crippen LogP contribution >= 0.6 is 0 Å². The number of hydrogen-bond acceptors (Lipinski definition) is 7. The molecule has 0 aliphatic rings. The van der Waals surface area contributed by atoms with Gasteiger partial charge in [0.1, 0.15) is 51.6 Å². The van der Waals surface area contributed by atoms with Crippen LogP contribution in [0.15, 0.2) is 122 Å². The largest absolute Gasteiger partial charge is 0.306 e. The number of imidazole rings is 2. The maximum Gasteiger partial charge on any atom is 0.147 e. The second-order valence-corrected chi connectivity index (χ2v) is 13.2. The summed E-state index contributed by atoms with van der Waals surface area (Å²) in [5.41, 5.74) is 9.08. The normalized spacial score (nSPS) is 12.6. The Morgan fingerprint density at radius 1 is 0.556 bits per heavy atom. The molecule has 13 heteroatoms. The third kappa shape index (κ3) is 6.40. The van der Waals surface area contributed by atoms with Crippen LogP contribution in [0.4, 0.5) is 8.78 Å². The van der Waals surface area contributed by atoms with Gasteiger partial charge in [0.2, 0.25) is 0 Å². The van der Waals surface area contributed by atoms with Crippen LogP contribution in [0.1, 0.15) is 36.8 Å². The Morgan fingerprint density at radius 3 is 1.30 bits per heavy atom. The smallest absolute Gasteiger partial charge is 0.147 e. The summed E-state index contributed by atoms with van der Waals surface area (Å²) in [7, 11) is 3.59. The zero-order valence-electron chi connectivity index (χ0n) is 29.8. The van der Waals surface area contributed by atoms with Gasteiger partial charge in [-0.3, -0.25) is 4.79 Å². The van der Waals surface area contributed by atoms with Crippen molar-refractivity contribution in [2.75, 3.05) is 0 Å². The van der Waals surface area contributed by atoms with Gasteiger partial charge in [-0.05, 0) is 83.9 Å². The number of aryl methyl sites for hydroxylation is 2. The van der Waals surface area contributed by atoms with Crippen LogP contribution in [0.2, 0.25) is 0 Å². The molecule has 8 rings (SSSR count). The van der Waals surface area contributed by atoms with Gasteiger partial charge >= 0.3 is 0 Å². The highest BCUT2D eigenvalue weighted by Crippen LogP contribution is 2.32. The van der Waals surface area contributed by atoms with E-state index in [2.05, 4.69) is 30.6 Å². The Kier molecular flexibility index (Phi) is 8.82. The van der Waals surface area contributed by atoms with Crippen LogP contribution in [-0.2, 0) is 18.9 Å². The summed E-state index contributed by atoms with van der Waals surface area (Å²) in [4.78, 5) is 22.9. The Morgan fingerprint density at radius 2 is 0.926 bits per heavy atom. The van der Waals surface area contributed by atoms with Crippen LogP contribution in [0.25, 0.3) is 56.7 Å². The summed E-state index contributed by atoms with van der Waals surface area (Å²) < 4.78 is 34.2. The highest BCUT2D eigenvalue weighted by atomic mass is 19.1. The van der Waals surface area contributed by atoms with E-state index in [-0.39, 0.29) is 29.3 Å². The van der Waals surface area contributed by atoms with Gasteiger partial charge in [0, 0.05) is 60.8 Å². The molecular weight excluding hydrogens is 687 g/mol. The number of Topliss-reactive ketones (excluding diaryl/α,β-unsaturated/α-hetero) is 1. The molecule has 2 unspecified atom stereocenters. The molecule has 0 spiro atoms. The molecule has 0 aliphatic heterocycles. The topological polar surface area (TPSA) is 114 Å². The molecule has 0 radical (unpaired) electrons. The Bertz CT molecular complexity index is 2400. The number of ketones is 1. The molecule has 0 saturated carbocycles. The summed E-state index contributed by atoms with van der Waals surface area (Å²) in [6.07, 6.45) is 7.23. The van der Waals surface area contributed by atoms with E-state index in [1.165, 1.54) is 24.3 Å². The average molecular weight is 721 g/mol. The van der Waals surface area contributed by atoms with Crippen molar-refractivity contribution < 1.29 is 13.6 Å². The van der Waals surface area contributed by atoms with E-state index in [0.29, 0.717) is 34.2 Å². The predicted molar refractivity (Wildman–Crippen MR) is 200 cm³/mol. The predicted octanol–water partition coefficient (Wildman–Crippen LogP) is 7.74. The van der Waals surface area contributed by atoms with E-state index in [0.717, 1.165) is 33.6 Å². The summed E-state index contributed by atoms with van der Waals surface area (Å²) >= 11 is 0. The third-order valence-electron chi connectivity index (χ3n) is 9.78. The zero-order valence-corrected chi connectivity index (χ0v) is 29.8. The van der Waals surface area contributed by atoms with Gasteiger partial charge in [-0.15, -0.1) is 10.2 Å². The highest BCUT2D eigenvalue weighted by Gasteiger charge is 2.24. The molecular formula is C41H34F2N10O. The number of halogens is 2. The molecule has 4 aromatic carbocycles. The maximum absolute atomic E-state index is 13.7. The van der Waals surface area contributed by atoms with E-state index in [4.69, 9.17) is 0 Å². The van der Waals surface area contributed by atoms with Gasteiger partial charge in [-0.2, -0.15) is 0 Å². The summed E-state index contributed by atoms with van der Waals surface area (Å²) in [5, 5.41) is 16.9. The molecule has 54 heavy (non-hydrogen) atoms. The van der Waals surface area contributed by atoms with E-state index >= 15 is 0 Å².